The molecule has 0 aliphatic heterocycles. The van der Waals surface area contributed by atoms with Crippen molar-refractivity contribution in [1.29, 1.82) is 0 Å². The summed E-state index contributed by atoms with van der Waals surface area (Å²) in [6, 6.07) is 28.6. The molecular weight excluding hydrogens is 540 g/mol. The molecule has 9 nitrogen and oxygen atoms in total. The van der Waals surface area contributed by atoms with E-state index in [4.69, 9.17) is 0 Å². The summed E-state index contributed by atoms with van der Waals surface area (Å²) < 4.78 is 0. The zero-order valence-corrected chi connectivity index (χ0v) is 22.8. The average Bonchev–Trinajstić information content (AvgIpc) is 2.98. The van der Waals surface area contributed by atoms with Gasteiger partial charge in [0.15, 0.2) is 0 Å². The van der Waals surface area contributed by atoms with Crippen molar-refractivity contribution in [3.63, 3.8) is 0 Å². The lowest BCUT2D eigenvalue weighted by Crippen LogP contribution is -2.30. The molecule has 0 bridgehead atoms. The number of nitrogens with zero attached hydrogens (tertiary/aromatic N) is 1. The summed E-state index contributed by atoms with van der Waals surface area (Å²) in [6.07, 6.45) is 1.27. The maximum absolute atomic E-state index is 13.2. The van der Waals surface area contributed by atoms with Gasteiger partial charge in [0, 0.05) is 27.9 Å². The Morgan fingerprint density at radius 2 is 1.41 bits per heavy atom. The number of hydrogen-bond acceptors (Lipinski definition) is 6. The number of amides is 3. The molecule has 0 radical (unpaired) electrons. The second-order valence-corrected chi connectivity index (χ2v) is 9.92. The van der Waals surface area contributed by atoms with Crippen LogP contribution in [0, 0.1) is 17.0 Å². The first-order chi connectivity index (χ1) is 19.8. The number of nitro benzene ring substituents is 1. The lowest BCUT2D eigenvalue weighted by atomic mass is 10.1. The third-order valence-electron chi connectivity index (χ3n) is 5.78. The smallest absolute Gasteiger partial charge is 0.276 e. The highest BCUT2D eigenvalue weighted by atomic mass is 32.2. The van der Waals surface area contributed by atoms with Gasteiger partial charge in [0.25, 0.3) is 17.5 Å². The SMILES string of the molecule is Cc1ccc(NC(=O)CSc2ccc(NC(=O)/C(=C/c3ccccc3[N+](=O)[O-])NC(=O)c3ccccc3)cc2)cc1. The van der Waals surface area contributed by atoms with Crippen LogP contribution in [0.15, 0.2) is 114 Å². The molecule has 41 heavy (non-hydrogen) atoms. The fraction of sp³-hybridized carbons (Fsp3) is 0.0645. The molecule has 0 aliphatic carbocycles. The van der Waals surface area contributed by atoms with Gasteiger partial charge in [0.1, 0.15) is 5.70 Å². The maximum atomic E-state index is 13.2. The molecule has 10 heteroatoms. The van der Waals surface area contributed by atoms with Gasteiger partial charge in [-0.2, -0.15) is 0 Å². The molecule has 4 aromatic rings. The Morgan fingerprint density at radius 3 is 2.10 bits per heavy atom. The van der Waals surface area contributed by atoms with Crippen molar-refractivity contribution in [2.24, 2.45) is 0 Å². The van der Waals surface area contributed by atoms with Crippen LogP contribution in [-0.2, 0) is 9.59 Å². The van der Waals surface area contributed by atoms with Gasteiger partial charge in [-0.3, -0.25) is 24.5 Å². The van der Waals surface area contributed by atoms with Crippen molar-refractivity contribution in [3.8, 4) is 0 Å². The number of aryl methyl sites for hydroxylation is 1. The van der Waals surface area contributed by atoms with E-state index in [1.165, 1.54) is 36.0 Å². The number of nitro groups is 1. The lowest BCUT2D eigenvalue weighted by molar-refractivity contribution is -0.385. The molecule has 0 aliphatic rings. The van der Waals surface area contributed by atoms with E-state index >= 15 is 0 Å². The molecule has 0 aromatic heterocycles. The van der Waals surface area contributed by atoms with Crippen molar-refractivity contribution in [2.75, 3.05) is 16.4 Å². The van der Waals surface area contributed by atoms with E-state index in [-0.39, 0.29) is 28.6 Å². The van der Waals surface area contributed by atoms with E-state index in [0.29, 0.717) is 11.3 Å². The van der Waals surface area contributed by atoms with E-state index in [1.807, 2.05) is 31.2 Å². The first-order valence-electron chi connectivity index (χ1n) is 12.5. The summed E-state index contributed by atoms with van der Waals surface area (Å²) in [7, 11) is 0. The number of rotatable bonds is 10. The topological polar surface area (TPSA) is 130 Å². The highest BCUT2D eigenvalue weighted by molar-refractivity contribution is 8.00. The Labute approximate surface area is 240 Å². The number of carbonyl (C=O) groups is 3. The van der Waals surface area contributed by atoms with E-state index in [1.54, 1.807) is 60.7 Å². The largest absolute Gasteiger partial charge is 0.325 e. The van der Waals surface area contributed by atoms with Crippen molar-refractivity contribution >= 4 is 52.6 Å². The molecule has 3 N–H and O–H groups in total. The molecular formula is C31H26N4O5S. The summed E-state index contributed by atoms with van der Waals surface area (Å²) in [5.74, 6) is -1.14. The molecule has 4 rings (SSSR count). The van der Waals surface area contributed by atoms with Gasteiger partial charge in [-0.25, -0.2) is 0 Å². The van der Waals surface area contributed by atoms with Crippen LogP contribution in [0.1, 0.15) is 21.5 Å². The van der Waals surface area contributed by atoms with Crippen LogP contribution < -0.4 is 16.0 Å². The van der Waals surface area contributed by atoms with Crippen LogP contribution in [0.2, 0.25) is 0 Å². The minimum Gasteiger partial charge on any atom is -0.325 e. The second-order valence-electron chi connectivity index (χ2n) is 8.88. The van der Waals surface area contributed by atoms with Crippen LogP contribution >= 0.6 is 11.8 Å². The fourth-order valence-electron chi connectivity index (χ4n) is 3.69. The van der Waals surface area contributed by atoms with Crippen LogP contribution in [-0.4, -0.2) is 28.4 Å². The Bertz CT molecular complexity index is 1590. The van der Waals surface area contributed by atoms with E-state index < -0.39 is 16.7 Å². The Morgan fingerprint density at radius 1 is 0.805 bits per heavy atom. The van der Waals surface area contributed by atoms with Gasteiger partial charge in [0.05, 0.1) is 16.2 Å². The number of nitrogens with one attached hydrogen (secondary N) is 3. The molecule has 0 saturated heterocycles. The second kappa shape index (κ2) is 13.7. The number of hydrogen-bond donors (Lipinski definition) is 3. The third-order valence-corrected chi connectivity index (χ3v) is 6.79. The van der Waals surface area contributed by atoms with Gasteiger partial charge in [0.2, 0.25) is 5.91 Å². The van der Waals surface area contributed by atoms with Crippen LogP contribution in [0.5, 0.6) is 0 Å². The highest BCUT2D eigenvalue weighted by Crippen LogP contribution is 2.23. The Kier molecular flexibility index (Phi) is 9.63. The molecule has 0 atom stereocenters. The van der Waals surface area contributed by atoms with Crippen LogP contribution in [0.25, 0.3) is 6.08 Å². The van der Waals surface area contributed by atoms with Crippen LogP contribution in [0.3, 0.4) is 0 Å². The van der Waals surface area contributed by atoms with Crippen molar-refractivity contribution in [1.82, 2.24) is 5.32 Å². The summed E-state index contributed by atoms with van der Waals surface area (Å²) >= 11 is 1.34. The standard InChI is InChI=1S/C31H26N4O5S/c1-21-11-13-24(14-12-21)32-29(36)20-41-26-17-15-25(16-18-26)33-31(38)27(34-30(37)22-7-3-2-4-8-22)19-23-9-5-6-10-28(23)35(39)40/h2-19H,20H2,1H3,(H,32,36)(H,33,38)(H,34,37)/b27-19-. The summed E-state index contributed by atoms with van der Waals surface area (Å²) in [5, 5.41) is 19.6. The predicted molar refractivity (Wildman–Crippen MR) is 161 cm³/mol. The number of benzene rings is 4. The van der Waals surface area contributed by atoms with Gasteiger partial charge in [-0.15, -0.1) is 11.8 Å². The first kappa shape index (κ1) is 28.8. The molecule has 0 fully saturated rings. The van der Waals surface area contributed by atoms with Crippen molar-refractivity contribution in [3.05, 3.63) is 136 Å². The zero-order chi connectivity index (χ0) is 29.2. The van der Waals surface area contributed by atoms with E-state index in [2.05, 4.69) is 16.0 Å². The zero-order valence-electron chi connectivity index (χ0n) is 22.0. The normalized spacial score (nSPS) is 10.9. The number of para-hydroxylation sites is 1. The lowest BCUT2D eigenvalue weighted by Gasteiger charge is -2.12. The highest BCUT2D eigenvalue weighted by Gasteiger charge is 2.18. The molecule has 3 amide bonds. The van der Waals surface area contributed by atoms with Crippen molar-refractivity contribution < 1.29 is 19.3 Å². The van der Waals surface area contributed by atoms with Gasteiger partial charge in [-0.1, -0.05) is 48.0 Å². The number of carbonyl (C=O) groups excluding carboxylic acids is 3. The molecule has 4 aromatic carbocycles. The minimum atomic E-state index is -0.662. The van der Waals surface area contributed by atoms with E-state index in [9.17, 15) is 24.5 Å². The first-order valence-corrected chi connectivity index (χ1v) is 13.5. The predicted octanol–water partition coefficient (Wildman–Crippen LogP) is 6.04. The van der Waals surface area contributed by atoms with E-state index in [0.717, 1.165) is 16.1 Å². The number of thioether (sulfide) groups is 1. The summed E-state index contributed by atoms with van der Waals surface area (Å²) in [5.41, 5.74) is 2.37. The van der Waals surface area contributed by atoms with Gasteiger partial charge < -0.3 is 16.0 Å². The minimum absolute atomic E-state index is 0.143. The quantitative estimate of drug-likeness (QED) is 0.0928. The molecule has 206 valence electrons. The fourth-order valence-corrected chi connectivity index (χ4v) is 4.39. The summed E-state index contributed by atoms with van der Waals surface area (Å²) in [4.78, 5) is 50.1. The third kappa shape index (κ3) is 8.38. The monoisotopic (exact) mass is 566 g/mol. The Hall–Kier alpha value is -5.22. The molecule has 0 saturated carbocycles. The van der Waals surface area contributed by atoms with Gasteiger partial charge in [-0.05, 0) is 67.6 Å². The van der Waals surface area contributed by atoms with Crippen molar-refractivity contribution in [2.45, 2.75) is 11.8 Å². The van der Waals surface area contributed by atoms with Crippen LogP contribution in [0.4, 0.5) is 17.1 Å². The molecule has 0 unspecified atom stereocenters. The molecule has 0 spiro atoms. The Balaban J connectivity index is 1.45. The number of anilines is 2. The molecule has 0 heterocycles. The van der Waals surface area contributed by atoms with Gasteiger partial charge >= 0.3 is 0 Å². The summed E-state index contributed by atoms with van der Waals surface area (Å²) in [6.45, 7) is 1.97. The maximum Gasteiger partial charge on any atom is 0.276 e. The average molecular weight is 567 g/mol.